The van der Waals surface area contributed by atoms with Crippen LogP contribution in [0.3, 0.4) is 0 Å². The monoisotopic (exact) mass is 94.1 g/mol. The molecule has 2 heteroatoms. The van der Waals surface area contributed by atoms with Gasteiger partial charge < -0.3 is 4.57 Å². The van der Waals surface area contributed by atoms with Crippen molar-refractivity contribution in [2.45, 2.75) is 0 Å². The zero-order valence-electron chi connectivity index (χ0n) is 4.13. The molecule has 0 amide bonds. The predicted molar refractivity (Wildman–Crippen MR) is 27.2 cm³/mol. The molecule has 1 rings (SSSR count). The molecule has 0 aliphatic heterocycles. The second kappa shape index (κ2) is 1.30. The van der Waals surface area contributed by atoms with E-state index in [4.69, 9.17) is 5.73 Å². The first-order valence-electron chi connectivity index (χ1n) is 2.11. The van der Waals surface area contributed by atoms with Gasteiger partial charge in [-0.3, -0.25) is 0 Å². The molecule has 0 bridgehead atoms. The summed E-state index contributed by atoms with van der Waals surface area (Å²) in [5.41, 5.74) is 8.72. The summed E-state index contributed by atoms with van der Waals surface area (Å²) < 4.78 is 1.64. The highest BCUT2D eigenvalue weighted by Gasteiger charge is 1.86. The summed E-state index contributed by atoms with van der Waals surface area (Å²) >= 11 is 0. The Kier molecular flexibility index (Phi) is 0.785. The third-order valence-electron chi connectivity index (χ3n) is 0.916. The average Bonchev–Trinajstić information content (AvgIpc) is 1.91. The lowest BCUT2D eigenvalue weighted by atomic mass is 10.6. The second-order valence-corrected chi connectivity index (χ2v) is 1.48. The maximum Gasteiger partial charge on any atom is 0.155 e. The van der Waals surface area contributed by atoms with Gasteiger partial charge in [0.2, 0.25) is 0 Å². The van der Waals surface area contributed by atoms with E-state index in [0.717, 1.165) is 0 Å². The minimum Gasteiger partial charge on any atom is -0.335 e. The standard InChI is InChI=1S/C5H6N2/c1-7-4-2-3-5(7)6/h2-4H,1H3. The normalized spacial score (nSPS) is 9.29. The molecule has 7 heavy (non-hydrogen) atoms. The molecule has 0 unspecified atom stereocenters. The molecule has 0 fully saturated rings. The van der Waals surface area contributed by atoms with Crippen molar-refractivity contribution in [1.82, 2.24) is 10.3 Å². The van der Waals surface area contributed by atoms with Crippen LogP contribution in [-0.2, 0) is 7.05 Å². The molecule has 1 aromatic rings. The van der Waals surface area contributed by atoms with Gasteiger partial charge in [-0.2, -0.15) is 0 Å². The Labute approximate surface area is 42.6 Å². The summed E-state index contributed by atoms with van der Waals surface area (Å²) in [6.07, 6.45) is 1.79. The highest BCUT2D eigenvalue weighted by Crippen LogP contribution is 1.99. The van der Waals surface area contributed by atoms with Gasteiger partial charge in [-0.15, -0.1) is 5.73 Å². The number of hydrogen-bond donors (Lipinski definition) is 0. The van der Waals surface area contributed by atoms with Crippen molar-refractivity contribution in [2.24, 2.45) is 7.05 Å². The Morgan fingerprint density at radius 2 is 2.43 bits per heavy atom. The van der Waals surface area contributed by atoms with Crippen LogP contribution in [0.5, 0.6) is 0 Å². The van der Waals surface area contributed by atoms with Gasteiger partial charge in [0.05, 0.1) is 0 Å². The van der Waals surface area contributed by atoms with E-state index in [1.165, 1.54) is 0 Å². The highest BCUT2D eigenvalue weighted by molar-refractivity contribution is 5.24. The molecule has 0 spiro atoms. The van der Waals surface area contributed by atoms with Gasteiger partial charge in [0.15, 0.2) is 5.82 Å². The summed E-state index contributed by atoms with van der Waals surface area (Å²) in [6.45, 7) is 0. The summed E-state index contributed by atoms with van der Waals surface area (Å²) in [5, 5.41) is 0. The van der Waals surface area contributed by atoms with Crippen molar-refractivity contribution < 1.29 is 0 Å². The Bertz CT molecular complexity index is 138. The van der Waals surface area contributed by atoms with Crippen LogP contribution in [0, 0.1) is 0 Å². The van der Waals surface area contributed by atoms with E-state index < -0.39 is 0 Å². The minimum absolute atomic E-state index is 0.306. The van der Waals surface area contributed by atoms with Crippen LogP contribution in [0.25, 0.3) is 0 Å². The first kappa shape index (κ1) is 4.24. The van der Waals surface area contributed by atoms with Gasteiger partial charge in [-0.1, -0.05) is 0 Å². The molecule has 0 aliphatic carbocycles. The van der Waals surface area contributed by atoms with Crippen molar-refractivity contribution in [3.63, 3.8) is 0 Å². The van der Waals surface area contributed by atoms with E-state index in [0.29, 0.717) is 5.82 Å². The molecule has 1 aromatic heterocycles. The molecule has 0 saturated carbocycles. The number of rotatable bonds is 0. The van der Waals surface area contributed by atoms with Gasteiger partial charge in [0, 0.05) is 13.2 Å². The maximum atomic E-state index is 8.72. The zero-order chi connectivity index (χ0) is 5.28. The van der Waals surface area contributed by atoms with Crippen molar-refractivity contribution in [3.05, 3.63) is 18.3 Å². The molecule has 0 N–H and O–H groups in total. The summed E-state index contributed by atoms with van der Waals surface area (Å²) in [5.74, 6) is 0.306. The van der Waals surface area contributed by atoms with E-state index in [-0.39, 0.29) is 0 Å². The van der Waals surface area contributed by atoms with Crippen molar-refractivity contribution in [2.75, 3.05) is 0 Å². The Morgan fingerprint density at radius 1 is 1.71 bits per heavy atom. The van der Waals surface area contributed by atoms with Crippen LogP contribution >= 0.6 is 0 Å². The largest absolute Gasteiger partial charge is 0.335 e. The second-order valence-electron chi connectivity index (χ2n) is 1.48. The van der Waals surface area contributed by atoms with Gasteiger partial charge in [0.25, 0.3) is 0 Å². The molecular formula is C5H6N2. The summed E-state index contributed by atoms with van der Waals surface area (Å²) in [6, 6.07) is 3.43. The molecule has 0 saturated heterocycles. The number of aromatic nitrogens is 1. The predicted octanol–water partition coefficient (Wildman–Crippen LogP) is 0.725. The van der Waals surface area contributed by atoms with Crippen molar-refractivity contribution >= 4 is 5.82 Å². The van der Waals surface area contributed by atoms with Crippen LogP contribution in [0.15, 0.2) is 18.3 Å². The lowest BCUT2D eigenvalue weighted by Crippen LogP contribution is -1.82. The van der Waals surface area contributed by atoms with Gasteiger partial charge >= 0.3 is 0 Å². The summed E-state index contributed by atoms with van der Waals surface area (Å²) in [7, 11) is 1.79. The Morgan fingerprint density at radius 3 is 2.57 bits per heavy atom. The quantitative estimate of drug-likeness (QED) is 0.453. The first-order chi connectivity index (χ1) is 3.30. The molecule has 0 aliphatic rings. The lowest BCUT2D eigenvalue weighted by molar-refractivity contribution is 0.919. The first-order valence-corrected chi connectivity index (χ1v) is 2.11. The van der Waals surface area contributed by atoms with E-state index in [1.807, 2.05) is 0 Å². The van der Waals surface area contributed by atoms with E-state index in [1.54, 1.807) is 29.9 Å². The molecule has 0 atom stereocenters. The molecule has 0 aromatic carbocycles. The van der Waals surface area contributed by atoms with E-state index in [9.17, 15) is 0 Å². The minimum atomic E-state index is 0.306. The topological polar surface area (TPSA) is 27.2 Å². The summed E-state index contributed by atoms with van der Waals surface area (Å²) in [4.78, 5) is 0. The van der Waals surface area contributed by atoms with Crippen LogP contribution in [0.2, 0.25) is 0 Å². The van der Waals surface area contributed by atoms with Crippen molar-refractivity contribution in [1.29, 1.82) is 0 Å². The number of nitrogens with zero attached hydrogens (tertiary/aromatic N) is 2. The molecule has 36 valence electrons. The fraction of sp³-hybridized carbons (Fsp3) is 0.200. The van der Waals surface area contributed by atoms with Crippen LogP contribution in [0.1, 0.15) is 0 Å². The van der Waals surface area contributed by atoms with Gasteiger partial charge in [0.1, 0.15) is 0 Å². The fourth-order valence-corrected chi connectivity index (χ4v) is 0.452. The third-order valence-corrected chi connectivity index (χ3v) is 0.916. The van der Waals surface area contributed by atoms with Crippen LogP contribution in [-0.4, -0.2) is 4.57 Å². The van der Waals surface area contributed by atoms with E-state index >= 15 is 0 Å². The number of hydrogen-bond acceptors (Lipinski definition) is 0. The lowest BCUT2D eigenvalue weighted by Gasteiger charge is -1.86. The van der Waals surface area contributed by atoms with E-state index in [2.05, 4.69) is 0 Å². The van der Waals surface area contributed by atoms with Crippen molar-refractivity contribution in [3.8, 4) is 0 Å². The molecule has 2 radical (unpaired) electrons. The Balaban J connectivity index is 3.12. The molecule has 2 nitrogen and oxygen atoms in total. The SMILES string of the molecule is Cn1cccc1[N]. The smallest absolute Gasteiger partial charge is 0.155 e. The zero-order valence-corrected chi connectivity index (χ0v) is 4.13. The fourth-order valence-electron chi connectivity index (χ4n) is 0.452. The van der Waals surface area contributed by atoms with Crippen LogP contribution in [0.4, 0.5) is 5.82 Å². The van der Waals surface area contributed by atoms with Crippen LogP contribution < -0.4 is 5.73 Å². The molecular weight excluding hydrogens is 88.1 g/mol. The third kappa shape index (κ3) is 0.585. The highest BCUT2D eigenvalue weighted by atomic mass is 15.0. The number of aryl methyl sites for hydroxylation is 1. The van der Waals surface area contributed by atoms with Gasteiger partial charge in [-0.25, -0.2) is 0 Å². The van der Waals surface area contributed by atoms with Gasteiger partial charge in [-0.05, 0) is 12.1 Å². The molecule has 1 heterocycles. The Hall–Kier alpha value is -0.920. The average molecular weight is 94.1 g/mol. The maximum absolute atomic E-state index is 8.72.